The van der Waals surface area contributed by atoms with Gasteiger partial charge in [0, 0.05) is 38.9 Å². The van der Waals surface area contributed by atoms with Crippen molar-refractivity contribution in [2.45, 2.75) is 44.9 Å². The topological polar surface area (TPSA) is 37.4 Å². The van der Waals surface area contributed by atoms with E-state index in [1.807, 2.05) is 31.3 Å². The van der Waals surface area contributed by atoms with Crippen LogP contribution in [0.2, 0.25) is 0 Å². The number of aromatic nitrogens is 1. The first-order valence-corrected chi connectivity index (χ1v) is 8.80. The van der Waals surface area contributed by atoms with Crippen molar-refractivity contribution in [2.75, 3.05) is 19.0 Å². The van der Waals surface area contributed by atoms with E-state index in [-0.39, 0.29) is 0 Å². The van der Waals surface area contributed by atoms with Gasteiger partial charge in [-0.25, -0.2) is 4.98 Å². The van der Waals surface area contributed by atoms with Gasteiger partial charge in [-0.15, -0.1) is 0 Å². The zero-order chi connectivity index (χ0) is 16.8. The summed E-state index contributed by atoms with van der Waals surface area (Å²) in [5.41, 5.74) is 2.46. The number of anilines is 1. The molecule has 1 fully saturated rings. The summed E-state index contributed by atoms with van der Waals surface area (Å²) in [5, 5.41) is 3.51. The van der Waals surface area contributed by atoms with E-state index < -0.39 is 0 Å². The van der Waals surface area contributed by atoms with E-state index in [4.69, 9.17) is 4.74 Å². The normalized spacial score (nSPS) is 14.8. The van der Waals surface area contributed by atoms with Gasteiger partial charge in [0.2, 0.25) is 0 Å². The van der Waals surface area contributed by atoms with Crippen molar-refractivity contribution < 1.29 is 4.74 Å². The van der Waals surface area contributed by atoms with E-state index in [9.17, 15) is 0 Å². The molecule has 1 aliphatic carbocycles. The van der Waals surface area contributed by atoms with Crippen LogP contribution in [0.15, 0.2) is 42.6 Å². The lowest BCUT2D eigenvalue weighted by atomic mass is 10.2. The van der Waals surface area contributed by atoms with E-state index in [0.29, 0.717) is 6.10 Å². The summed E-state index contributed by atoms with van der Waals surface area (Å²) in [6.07, 6.45) is 7.22. The van der Waals surface area contributed by atoms with Gasteiger partial charge in [0.05, 0.1) is 6.10 Å². The zero-order valence-corrected chi connectivity index (χ0v) is 14.7. The lowest BCUT2D eigenvalue weighted by Crippen LogP contribution is -2.18. The Morgan fingerprint density at radius 2 is 1.96 bits per heavy atom. The van der Waals surface area contributed by atoms with E-state index in [2.05, 4.69) is 40.6 Å². The molecule has 2 aromatic rings. The highest BCUT2D eigenvalue weighted by Gasteiger charge is 2.16. The van der Waals surface area contributed by atoms with Crippen LogP contribution in [-0.4, -0.2) is 25.2 Å². The van der Waals surface area contributed by atoms with Crippen LogP contribution in [0.25, 0.3) is 0 Å². The molecule has 0 unspecified atom stereocenters. The van der Waals surface area contributed by atoms with Gasteiger partial charge >= 0.3 is 0 Å². The van der Waals surface area contributed by atoms with Crippen LogP contribution < -0.4 is 15.0 Å². The van der Waals surface area contributed by atoms with E-state index in [1.165, 1.54) is 36.8 Å². The SMILES string of the molecule is CN(C)c1ncccc1CNCc1cccc(OC2CCCC2)c1. The van der Waals surface area contributed by atoms with Crippen LogP contribution in [-0.2, 0) is 13.1 Å². The molecular weight excluding hydrogens is 298 g/mol. The lowest BCUT2D eigenvalue weighted by Gasteiger charge is -2.16. The fourth-order valence-corrected chi connectivity index (χ4v) is 3.24. The number of rotatable bonds is 7. The van der Waals surface area contributed by atoms with E-state index in [0.717, 1.165) is 24.7 Å². The molecule has 0 bridgehead atoms. The standard InChI is InChI=1S/C20H27N3O/c1-23(2)20-17(8-6-12-22-20)15-21-14-16-7-5-11-19(13-16)24-18-9-3-4-10-18/h5-8,11-13,18,21H,3-4,9-10,14-15H2,1-2H3. The fraction of sp³-hybridized carbons (Fsp3) is 0.450. The third kappa shape index (κ3) is 4.48. The quantitative estimate of drug-likeness (QED) is 0.841. The molecule has 0 amide bonds. The van der Waals surface area contributed by atoms with Crippen molar-refractivity contribution in [3.63, 3.8) is 0 Å². The van der Waals surface area contributed by atoms with Gasteiger partial charge in [-0.1, -0.05) is 18.2 Å². The molecule has 128 valence electrons. The third-order valence-corrected chi connectivity index (χ3v) is 4.44. The molecule has 1 aromatic carbocycles. The minimum Gasteiger partial charge on any atom is -0.490 e. The van der Waals surface area contributed by atoms with Gasteiger partial charge in [0.1, 0.15) is 11.6 Å². The maximum Gasteiger partial charge on any atom is 0.132 e. The molecule has 1 saturated carbocycles. The second-order valence-corrected chi connectivity index (χ2v) is 6.66. The lowest BCUT2D eigenvalue weighted by molar-refractivity contribution is 0.210. The predicted molar refractivity (Wildman–Crippen MR) is 98.4 cm³/mol. The summed E-state index contributed by atoms with van der Waals surface area (Å²) in [6, 6.07) is 12.5. The zero-order valence-electron chi connectivity index (χ0n) is 14.7. The number of ether oxygens (including phenoxy) is 1. The predicted octanol–water partition coefficient (Wildman–Crippen LogP) is 3.76. The molecule has 1 heterocycles. The van der Waals surface area contributed by atoms with Gasteiger partial charge in [-0.05, 0) is 49.4 Å². The summed E-state index contributed by atoms with van der Waals surface area (Å²) < 4.78 is 6.09. The number of nitrogens with zero attached hydrogens (tertiary/aromatic N) is 2. The number of pyridine rings is 1. The summed E-state index contributed by atoms with van der Waals surface area (Å²) >= 11 is 0. The highest BCUT2D eigenvalue weighted by molar-refractivity contribution is 5.45. The van der Waals surface area contributed by atoms with E-state index >= 15 is 0 Å². The number of hydrogen-bond acceptors (Lipinski definition) is 4. The Morgan fingerprint density at radius 3 is 2.75 bits per heavy atom. The van der Waals surface area contributed by atoms with Crippen molar-refractivity contribution in [1.82, 2.24) is 10.3 Å². The van der Waals surface area contributed by atoms with Crippen LogP contribution in [0, 0.1) is 0 Å². The Bertz CT molecular complexity index is 651. The molecule has 4 nitrogen and oxygen atoms in total. The van der Waals surface area contributed by atoms with Crippen molar-refractivity contribution in [1.29, 1.82) is 0 Å². The van der Waals surface area contributed by atoms with Crippen molar-refractivity contribution in [2.24, 2.45) is 0 Å². The summed E-state index contributed by atoms with van der Waals surface area (Å²) in [7, 11) is 4.05. The number of hydrogen-bond donors (Lipinski definition) is 1. The molecule has 0 atom stereocenters. The smallest absolute Gasteiger partial charge is 0.132 e. The largest absolute Gasteiger partial charge is 0.490 e. The Hall–Kier alpha value is -2.07. The first-order valence-electron chi connectivity index (χ1n) is 8.80. The van der Waals surface area contributed by atoms with Gasteiger partial charge < -0.3 is 15.0 Å². The summed E-state index contributed by atoms with van der Waals surface area (Å²) in [4.78, 5) is 6.49. The maximum absolute atomic E-state index is 6.09. The highest BCUT2D eigenvalue weighted by atomic mass is 16.5. The summed E-state index contributed by atoms with van der Waals surface area (Å²) in [6.45, 7) is 1.62. The Labute approximate surface area is 144 Å². The van der Waals surface area contributed by atoms with E-state index in [1.54, 1.807) is 0 Å². The first kappa shape index (κ1) is 16.8. The molecule has 24 heavy (non-hydrogen) atoms. The molecule has 0 saturated heterocycles. The monoisotopic (exact) mass is 325 g/mol. The third-order valence-electron chi connectivity index (χ3n) is 4.44. The van der Waals surface area contributed by atoms with Gasteiger partial charge in [-0.2, -0.15) is 0 Å². The van der Waals surface area contributed by atoms with Gasteiger partial charge in [0.25, 0.3) is 0 Å². The minimum atomic E-state index is 0.409. The van der Waals surface area contributed by atoms with Crippen LogP contribution in [0.5, 0.6) is 5.75 Å². The molecule has 0 radical (unpaired) electrons. The van der Waals surface area contributed by atoms with Crippen molar-refractivity contribution >= 4 is 5.82 Å². The number of benzene rings is 1. The van der Waals surface area contributed by atoms with Gasteiger partial charge in [-0.3, -0.25) is 0 Å². The van der Waals surface area contributed by atoms with Crippen molar-refractivity contribution in [3.05, 3.63) is 53.7 Å². The summed E-state index contributed by atoms with van der Waals surface area (Å²) in [5.74, 6) is 2.01. The van der Waals surface area contributed by atoms with Crippen LogP contribution in [0.1, 0.15) is 36.8 Å². The first-order chi connectivity index (χ1) is 11.7. The molecule has 1 aliphatic rings. The highest BCUT2D eigenvalue weighted by Crippen LogP contribution is 2.24. The molecule has 0 spiro atoms. The second-order valence-electron chi connectivity index (χ2n) is 6.66. The Morgan fingerprint density at radius 1 is 1.12 bits per heavy atom. The molecule has 1 aromatic heterocycles. The molecule has 4 heteroatoms. The Balaban J connectivity index is 1.55. The van der Waals surface area contributed by atoms with Crippen LogP contribution in [0.3, 0.4) is 0 Å². The van der Waals surface area contributed by atoms with Crippen LogP contribution in [0.4, 0.5) is 5.82 Å². The Kier molecular flexibility index (Phi) is 5.70. The average Bonchev–Trinajstić information content (AvgIpc) is 3.08. The van der Waals surface area contributed by atoms with Crippen molar-refractivity contribution in [3.8, 4) is 5.75 Å². The maximum atomic E-state index is 6.09. The molecule has 0 aliphatic heterocycles. The minimum absolute atomic E-state index is 0.409. The number of nitrogens with one attached hydrogen (secondary N) is 1. The molecule has 1 N–H and O–H groups in total. The fourth-order valence-electron chi connectivity index (χ4n) is 3.24. The molecule has 3 rings (SSSR count). The van der Waals surface area contributed by atoms with Gasteiger partial charge in [0.15, 0.2) is 0 Å². The second kappa shape index (κ2) is 8.15. The average molecular weight is 325 g/mol. The molecular formula is C20H27N3O. The van der Waals surface area contributed by atoms with Crippen LogP contribution >= 0.6 is 0 Å².